The lowest BCUT2D eigenvalue weighted by atomic mass is 10.1. The molecule has 0 unspecified atom stereocenters. The summed E-state index contributed by atoms with van der Waals surface area (Å²) in [6, 6.07) is 12.1. The van der Waals surface area contributed by atoms with Crippen molar-refractivity contribution >= 4 is 11.5 Å². The Bertz CT molecular complexity index is 584. The van der Waals surface area contributed by atoms with E-state index >= 15 is 0 Å². The highest BCUT2D eigenvalue weighted by molar-refractivity contribution is 5.55. The summed E-state index contributed by atoms with van der Waals surface area (Å²) in [7, 11) is 0. The van der Waals surface area contributed by atoms with Gasteiger partial charge in [0.05, 0.1) is 6.61 Å². The molecule has 0 fully saturated rings. The van der Waals surface area contributed by atoms with Crippen molar-refractivity contribution in [3.8, 4) is 5.75 Å². The Labute approximate surface area is 126 Å². The number of benzene rings is 1. The average Bonchev–Trinajstić information content (AvgIpc) is 2.47. The van der Waals surface area contributed by atoms with E-state index < -0.39 is 0 Å². The maximum atomic E-state index is 6.07. The third-order valence-corrected chi connectivity index (χ3v) is 3.34. The Kier molecular flexibility index (Phi) is 5.04. The Morgan fingerprint density at radius 1 is 1.19 bits per heavy atom. The number of aromatic nitrogens is 1. The number of pyridine rings is 1. The minimum atomic E-state index is 0.290. The summed E-state index contributed by atoms with van der Waals surface area (Å²) < 4.78 is 5.70. The van der Waals surface area contributed by atoms with Gasteiger partial charge in [0.2, 0.25) is 0 Å². The lowest BCUT2D eigenvalue weighted by Crippen LogP contribution is -2.31. The molecule has 0 spiro atoms. The SMILES string of the molecule is CCOc1cccnc1N(Cc1ccccc1N)C(C)C. The minimum absolute atomic E-state index is 0.290. The van der Waals surface area contributed by atoms with Crippen LogP contribution in [0.2, 0.25) is 0 Å². The third-order valence-electron chi connectivity index (χ3n) is 3.34. The van der Waals surface area contributed by atoms with Crippen molar-refractivity contribution in [1.82, 2.24) is 4.98 Å². The van der Waals surface area contributed by atoms with Crippen LogP contribution in [0.25, 0.3) is 0 Å². The molecule has 2 aromatic rings. The Morgan fingerprint density at radius 2 is 1.95 bits per heavy atom. The molecule has 0 aliphatic rings. The summed E-state index contributed by atoms with van der Waals surface area (Å²) in [6.07, 6.45) is 1.79. The molecular weight excluding hydrogens is 262 g/mol. The maximum absolute atomic E-state index is 6.07. The van der Waals surface area contributed by atoms with Crippen LogP contribution in [-0.4, -0.2) is 17.6 Å². The fraction of sp³-hybridized carbons (Fsp3) is 0.353. The van der Waals surface area contributed by atoms with Gasteiger partial charge in [-0.3, -0.25) is 0 Å². The van der Waals surface area contributed by atoms with Crippen LogP contribution in [0.4, 0.5) is 11.5 Å². The first-order valence-corrected chi connectivity index (χ1v) is 7.31. The summed E-state index contributed by atoms with van der Waals surface area (Å²) in [5.41, 5.74) is 7.96. The summed E-state index contributed by atoms with van der Waals surface area (Å²) >= 11 is 0. The Hall–Kier alpha value is -2.23. The number of nitrogens with two attached hydrogens (primary N) is 1. The first-order chi connectivity index (χ1) is 10.1. The van der Waals surface area contributed by atoms with Crippen LogP contribution in [0, 0.1) is 0 Å². The largest absolute Gasteiger partial charge is 0.490 e. The van der Waals surface area contributed by atoms with Gasteiger partial charge in [0.25, 0.3) is 0 Å². The number of rotatable bonds is 6. The molecule has 0 saturated carbocycles. The van der Waals surface area contributed by atoms with Crippen molar-refractivity contribution in [3.05, 3.63) is 48.2 Å². The second-order valence-electron chi connectivity index (χ2n) is 5.18. The molecule has 112 valence electrons. The van der Waals surface area contributed by atoms with E-state index in [1.807, 2.05) is 43.3 Å². The number of para-hydroxylation sites is 1. The van der Waals surface area contributed by atoms with Gasteiger partial charge in [0.1, 0.15) is 0 Å². The molecule has 0 bridgehead atoms. The highest BCUT2D eigenvalue weighted by Crippen LogP contribution is 2.29. The second-order valence-corrected chi connectivity index (χ2v) is 5.18. The third kappa shape index (κ3) is 3.66. The van der Waals surface area contributed by atoms with Crippen LogP contribution in [0.3, 0.4) is 0 Å². The monoisotopic (exact) mass is 285 g/mol. The number of ether oxygens (including phenoxy) is 1. The van der Waals surface area contributed by atoms with E-state index in [0.29, 0.717) is 19.2 Å². The smallest absolute Gasteiger partial charge is 0.171 e. The van der Waals surface area contributed by atoms with Gasteiger partial charge in [-0.05, 0) is 44.5 Å². The standard InChI is InChI=1S/C17H23N3O/c1-4-21-16-10-7-11-19-17(16)20(13(2)3)12-14-8-5-6-9-15(14)18/h5-11,13H,4,12,18H2,1-3H3. The quantitative estimate of drug-likeness (QED) is 0.826. The van der Waals surface area contributed by atoms with Crippen molar-refractivity contribution in [2.24, 2.45) is 0 Å². The van der Waals surface area contributed by atoms with Crippen molar-refractivity contribution in [3.63, 3.8) is 0 Å². The minimum Gasteiger partial charge on any atom is -0.490 e. The summed E-state index contributed by atoms with van der Waals surface area (Å²) in [5, 5.41) is 0. The van der Waals surface area contributed by atoms with Gasteiger partial charge in [-0.25, -0.2) is 4.98 Å². The fourth-order valence-corrected chi connectivity index (χ4v) is 2.23. The van der Waals surface area contributed by atoms with E-state index in [2.05, 4.69) is 23.7 Å². The number of hydrogen-bond donors (Lipinski definition) is 1. The molecule has 0 atom stereocenters. The van der Waals surface area contributed by atoms with E-state index in [1.165, 1.54) is 0 Å². The van der Waals surface area contributed by atoms with Gasteiger partial charge < -0.3 is 15.4 Å². The summed E-state index contributed by atoms with van der Waals surface area (Å²) in [6.45, 7) is 7.60. The van der Waals surface area contributed by atoms with Crippen molar-refractivity contribution < 1.29 is 4.74 Å². The number of nitrogens with zero attached hydrogens (tertiary/aromatic N) is 2. The van der Waals surface area contributed by atoms with Crippen LogP contribution in [-0.2, 0) is 6.54 Å². The molecule has 0 aliphatic heterocycles. The van der Waals surface area contributed by atoms with Crippen molar-refractivity contribution in [2.75, 3.05) is 17.2 Å². The molecule has 4 nitrogen and oxygen atoms in total. The molecule has 1 aromatic heterocycles. The van der Waals surface area contributed by atoms with Gasteiger partial charge in [0, 0.05) is 24.5 Å². The summed E-state index contributed by atoms with van der Waals surface area (Å²) in [4.78, 5) is 6.71. The molecule has 0 radical (unpaired) electrons. The number of anilines is 2. The molecule has 2 N–H and O–H groups in total. The molecule has 2 rings (SSSR count). The fourth-order valence-electron chi connectivity index (χ4n) is 2.23. The van der Waals surface area contributed by atoms with Crippen LogP contribution < -0.4 is 15.4 Å². The molecule has 4 heteroatoms. The molecule has 1 aromatic carbocycles. The van der Waals surface area contributed by atoms with Gasteiger partial charge in [-0.15, -0.1) is 0 Å². The second kappa shape index (κ2) is 6.97. The van der Waals surface area contributed by atoms with E-state index in [9.17, 15) is 0 Å². The topological polar surface area (TPSA) is 51.4 Å². The van der Waals surface area contributed by atoms with Crippen molar-refractivity contribution in [1.29, 1.82) is 0 Å². The van der Waals surface area contributed by atoms with Crippen LogP contribution in [0.1, 0.15) is 26.3 Å². The maximum Gasteiger partial charge on any atom is 0.171 e. The molecule has 0 aliphatic carbocycles. The van der Waals surface area contributed by atoms with Gasteiger partial charge >= 0.3 is 0 Å². The first kappa shape index (κ1) is 15.2. The Morgan fingerprint density at radius 3 is 2.62 bits per heavy atom. The number of nitrogen functional groups attached to an aromatic ring is 1. The molecule has 0 amide bonds. The van der Waals surface area contributed by atoms with Crippen LogP contribution >= 0.6 is 0 Å². The zero-order valence-corrected chi connectivity index (χ0v) is 12.9. The molecular formula is C17H23N3O. The van der Waals surface area contributed by atoms with E-state index in [4.69, 9.17) is 10.5 Å². The Balaban J connectivity index is 2.34. The lowest BCUT2D eigenvalue weighted by Gasteiger charge is -2.29. The normalized spacial score (nSPS) is 10.7. The molecule has 1 heterocycles. The highest BCUT2D eigenvalue weighted by Gasteiger charge is 2.17. The zero-order chi connectivity index (χ0) is 15.2. The zero-order valence-electron chi connectivity index (χ0n) is 12.9. The van der Waals surface area contributed by atoms with Gasteiger partial charge in [0.15, 0.2) is 11.6 Å². The molecule has 21 heavy (non-hydrogen) atoms. The van der Waals surface area contributed by atoms with E-state index in [1.54, 1.807) is 6.20 Å². The highest BCUT2D eigenvalue weighted by atomic mass is 16.5. The molecule has 0 saturated heterocycles. The van der Waals surface area contributed by atoms with Gasteiger partial charge in [-0.1, -0.05) is 18.2 Å². The lowest BCUT2D eigenvalue weighted by molar-refractivity contribution is 0.338. The van der Waals surface area contributed by atoms with Gasteiger partial charge in [-0.2, -0.15) is 0 Å². The first-order valence-electron chi connectivity index (χ1n) is 7.31. The van der Waals surface area contributed by atoms with E-state index in [-0.39, 0.29) is 0 Å². The summed E-state index contributed by atoms with van der Waals surface area (Å²) in [5.74, 6) is 1.67. The van der Waals surface area contributed by atoms with Crippen LogP contribution in [0.5, 0.6) is 5.75 Å². The number of hydrogen-bond acceptors (Lipinski definition) is 4. The van der Waals surface area contributed by atoms with Crippen LogP contribution in [0.15, 0.2) is 42.6 Å². The van der Waals surface area contributed by atoms with Crippen molar-refractivity contribution in [2.45, 2.75) is 33.4 Å². The predicted octanol–water partition coefficient (Wildman–Crippen LogP) is 3.48. The average molecular weight is 285 g/mol. The predicted molar refractivity (Wildman–Crippen MR) is 87.6 cm³/mol. The van der Waals surface area contributed by atoms with E-state index in [0.717, 1.165) is 22.8 Å².